The van der Waals surface area contributed by atoms with Crippen molar-refractivity contribution in [1.82, 2.24) is 18.6 Å². The van der Waals surface area contributed by atoms with Gasteiger partial charge in [-0.3, -0.25) is 4.98 Å². The van der Waals surface area contributed by atoms with Crippen molar-refractivity contribution >= 4 is 16.0 Å². The summed E-state index contributed by atoms with van der Waals surface area (Å²) in [5, 5.41) is 3.03. The van der Waals surface area contributed by atoms with E-state index in [9.17, 15) is 8.42 Å². The lowest BCUT2D eigenvalue weighted by Gasteiger charge is -2.33. The molecule has 118 valence electrons. The molecule has 0 unspecified atom stereocenters. The van der Waals surface area contributed by atoms with Gasteiger partial charge in [-0.15, -0.1) is 0 Å². The second-order valence-corrected chi connectivity index (χ2v) is 7.60. The number of hydrogen-bond acceptors (Lipinski definition) is 5. The predicted octanol–water partition coefficient (Wildman–Crippen LogP) is 0.579. The van der Waals surface area contributed by atoms with Gasteiger partial charge in [0.05, 0.1) is 5.69 Å². The molecular weight excluding hydrogens is 290 g/mol. The molecule has 0 bridgehead atoms. The topological polar surface area (TPSA) is 78.4 Å². The van der Waals surface area contributed by atoms with E-state index >= 15 is 0 Å². The first-order valence-corrected chi connectivity index (χ1v) is 8.50. The second-order valence-electron chi connectivity index (χ2n) is 5.46. The van der Waals surface area contributed by atoms with Gasteiger partial charge in [0, 0.05) is 46.6 Å². The average Bonchev–Trinajstić information content (AvgIpc) is 2.48. The van der Waals surface area contributed by atoms with Crippen molar-refractivity contribution in [3.05, 3.63) is 18.1 Å². The smallest absolute Gasteiger partial charge is 0.281 e. The Bertz CT molecular complexity index is 576. The van der Waals surface area contributed by atoms with Gasteiger partial charge in [0.25, 0.3) is 10.2 Å². The summed E-state index contributed by atoms with van der Waals surface area (Å²) in [6.45, 7) is 1.14. The molecular formula is C13H23N5O2S. The molecule has 8 heteroatoms. The minimum absolute atomic E-state index is 0.275. The predicted molar refractivity (Wildman–Crippen MR) is 82.2 cm³/mol. The molecule has 0 aliphatic carbocycles. The largest absolute Gasteiger partial charge is 0.372 e. The Labute approximate surface area is 126 Å². The standard InChI is InChI=1S/C13H23N5O2S/c1-14-13-12(15-6-7-16-13)9-11-5-4-8-18(10-11)21(19,20)17(2)3/h6-7,11H,4-5,8-10H2,1-3H3,(H,14,16)/t11-/m1/s1. The van der Waals surface area contributed by atoms with Crippen LogP contribution in [0.25, 0.3) is 0 Å². The number of nitrogens with one attached hydrogen (secondary N) is 1. The molecule has 0 spiro atoms. The molecule has 1 N–H and O–H groups in total. The Balaban J connectivity index is 2.08. The molecule has 21 heavy (non-hydrogen) atoms. The van der Waals surface area contributed by atoms with Gasteiger partial charge in [-0.2, -0.15) is 17.0 Å². The molecule has 1 fully saturated rings. The Morgan fingerprint density at radius 3 is 2.76 bits per heavy atom. The van der Waals surface area contributed by atoms with Gasteiger partial charge in [-0.1, -0.05) is 0 Å². The number of hydrogen-bond donors (Lipinski definition) is 1. The number of rotatable bonds is 5. The van der Waals surface area contributed by atoms with E-state index in [2.05, 4.69) is 15.3 Å². The van der Waals surface area contributed by atoms with E-state index in [-0.39, 0.29) is 5.92 Å². The monoisotopic (exact) mass is 313 g/mol. The van der Waals surface area contributed by atoms with Gasteiger partial charge in [0.15, 0.2) is 0 Å². The van der Waals surface area contributed by atoms with E-state index < -0.39 is 10.2 Å². The fourth-order valence-corrected chi connectivity index (χ4v) is 3.85. The lowest BCUT2D eigenvalue weighted by Crippen LogP contribution is -2.45. The summed E-state index contributed by atoms with van der Waals surface area (Å²) < 4.78 is 27.3. The second kappa shape index (κ2) is 6.67. The summed E-state index contributed by atoms with van der Waals surface area (Å²) in [5.74, 6) is 1.04. The molecule has 1 aliphatic heterocycles. The van der Waals surface area contributed by atoms with E-state index in [1.807, 2.05) is 7.05 Å². The van der Waals surface area contributed by atoms with Gasteiger partial charge in [0.1, 0.15) is 5.82 Å². The van der Waals surface area contributed by atoms with Crippen LogP contribution in [0.15, 0.2) is 12.4 Å². The molecule has 1 atom stereocenters. The molecule has 0 aromatic carbocycles. The Hall–Kier alpha value is -1.25. The first kappa shape index (κ1) is 16.1. The van der Waals surface area contributed by atoms with Crippen molar-refractivity contribution in [3.63, 3.8) is 0 Å². The minimum atomic E-state index is -3.33. The van der Waals surface area contributed by atoms with Gasteiger partial charge >= 0.3 is 0 Å². The van der Waals surface area contributed by atoms with Crippen LogP contribution in [0.1, 0.15) is 18.5 Å². The third kappa shape index (κ3) is 3.69. The summed E-state index contributed by atoms with van der Waals surface area (Å²) in [6, 6.07) is 0. The van der Waals surface area contributed by atoms with Crippen molar-refractivity contribution in [2.24, 2.45) is 5.92 Å². The van der Waals surface area contributed by atoms with Crippen molar-refractivity contribution in [2.75, 3.05) is 39.5 Å². The molecule has 1 aliphatic rings. The van der Waals surface area contributed by atoms with Crippen LogP contribution < -0.4 is 5.32 Å². The van der Waals surface area contributed by atoms with Gasteiger partial charge in [0.2, 0.25) is 0 Å². The van der Waals surface area contributed by atoms with Crippen molar-refractivity contribution < 1.29 is 8.42 Å². The van der Waals surface area contributed by atoms with Crippen LogP contribution in [-0.4, -0.2) is 61.2 Å². The van der Waals surface area contributed by atoms with E-state index in [4.69, 9.17) is 0 Å². The van der Waals surface area contributed by atoms with Crippen LogP contribution in [0.3, 0.4) is 0 Å². The van der Waals surface area contributed by atoms with Crippen molar-refractivity contribution in [1.29, 1.82) is 0 Å². The van der Waals surface area contributed by atoms with Crippen LogP contribution in [-0.2, 0) is 16.6 Å². The summed E-state index contributed by atoms with van der Waals surface area (Å²) >= 11 is 0. The maximum absolute atomic E-state index is 12.2. The molecule has 0 saturated carbocycles. The van der Waals surface area contributed by atoms with E-state index in [0.29, 0.717) is 13.1 Å². The maximum atomic E-state index is 12.2. The van der Waals surface area contributed by atoms with Crippen LogP contribution in [0.4, 0.5) is 5.82 Å². The highest BCUT2D eigenvalue weighted by molar-refractivity contribution is 7.86. The SMILES string of the molecule is CNc1nccnc1C[C@H]1CCCN(S(=O)(=O)N(C)C)C1. The molecule has 1 aromatic rings. The number of nitrogens with zero attached hydrogens (tertiary/aromatic N) is 4. The maximum Gasteiger partial charge on any atom is 0.281 e. The molecule has 1 aromatic heterocycles. The first-order chi connectivity index (χ1) is 9.95. The highest BCUT2D eigenvalue weighted by atomic mass is 32.2. The zero-order chi connectivity index (χ0) is 15.5. The van der Waals surface area contributed by atoms with Crippen molar-refractivity contribution in [2.45, 2.75) is 19.3 Å². The fraction of sp³-hybridized carbons (Fsp3) is 0.692. The van der Waals surface area contributed by atoms with Gasteiger partial charge in [-0.05, 0) is 25.2 Å². The molecule has 2 heterocycles. The van der Waals surface area contributed by atoms with Crippen LogP contribution >= 0.6 is 0 Å². The lowest BCUT2D eigenvalue weighted by atomic mass is 9.94. The summed E-state index contributed by atoms with van der Waals surface area (Å²) in [5.41, 5.74) is 0.897. The highest BCUT2D eigenvalue weighted by Crippen LogP contribution is 2.24. The zero-order valence-corrected chi connectivity index (χ0v) is 13.6. The zero-order valence-electron chi connectivity index (χ0n) is 12.8. The summed E-state index contributed by atoms with van der Waals surface area (Å²) in [6.07, 6.45) is 5.96. The molecule has 7 nitrogen and oxygen atoms in total. The van der Waals surface area contributed by atoms with Crippen LogP contribution in [0, 0.1) is 5.92 Å². The minimum Gasteiger partial charge on any atom is -0.372 e. The van der Waals surface area contributed by atoms with Crippen LogP contribution in [0.5, 0.6) is 0 Å². The quantitative estimate of drug-likeness (QED) is 0.860. The van der Waals surface area contributed by atoms with E-state index in [1.165, 1.54) is 4.31 Å². The number of anilines is 1. The van der Waals surface area contributed by atoms with Crippen molar-refractivity contribution in [3.8, 4) is 0 Å². The van der Waals surface area contributed by atoms with Gasteiger partial charge < -0.3 is 5.32 Å². The van der Waals surface area contributed by atoms with Gasteiger partial charge in [-0.25, -0.2) is 4.98 Å². The number of piperidine rings is 1. The Morgan fingerprint density at radius 2 is 2.10 bits per heavy atom. The molecule has 1 saturated heterocycles. The number of aromatic nitrogens is 2. The summed E-state index contributed by atoms with van der Waals surface area (Å²) in [7, 11) is 1.63. The summed E-state index contributed by atoms with van der Waals surface area (Å²) in [4.78, 5) is 8.61. The normalized spacial score (nSPS) is 20.7. The van der Waals surface area contributed by atoms with Crippen LogP contribution in [0.2, 0.25) is 0 Å². The third-order valence-corrected chi connectivity index (χ3v) is 5.67. The molecule has 0 amide bonds. The van der Waals surface area contributed by atoms with E-state index in [0.717, 1.165) is 30.8 Å². The fourth-order valence-electron chi connectivity index (χ4n) is 2.63. The first-order valence-electron chi connectivity index (χ1n) is 7.10. The highest BCUT2D eigenvalue weighted by Gasteiger charge is 2.30. The third-order valence-electron chi connectivity index (χ3n) is 3.76. The average molecular weight is 313 g/mol. The Morgan fingerprint density at radius 1 is 1.38 bits per heavy atom. The molecule has 0 radical (unpaired) electrons. The molecule has 2 rings (SSSR count). The lowest BCUT2D eigenvalue weighted by molar-refractivity contribution is 0.253. The van der Waals surface area contributed by atoms with E-state index in [1.54, 1.807) is 30.8 Å². The Kier molecular flexibility index (Phi) is 5.13.